The molecule has 0 spiro atoms. The normalized spacial score (nSPS) is 10.3. The first-order valence-corrected chi connectivity index (χ1v) is 5.37. The van der Waals surface area contributed by atoms with Gasteiger partial charge in [-0.3, -0.25) is 0 Å². The van der Waals surface area contributed by atoms with Gasteiger partial charge >= 0.3 is 5.97 Å². The van der Waals surface area contributed by atoms with E-state index in [1.807, 2.05) is 0 Å². The number of aromatic hydroxyl groups is 1. The third-order valence-corrected chi connectivity index (χ3v) is 2.61. The van der Waals surface area contributed by atoms with Crippen LogP contribution in [0.25, 0.3) is 11.4 Å². The first kappa shape index (κ1) is 12.0. The summed E-state index contributed by atoms with van der Waals surface area (Å²) in [5.41, 5.74) is 1.73. The van der Waals surface area contributed by atoms with Crippen LogP contribution >= 0.6 is 0 Å². The summed E-state index contributed by atoms with van der Waals surface area (Å²) in [6.07, 6.45) is 0. The molecule has 0 amide bonds. The maximum atomic E-state index is 11.0. The number of phenolic OH excluding ortho intramolecular Hbond substituents is 1. The summed E-state index contributed by atoms with van der Waals surface area (Å²) in [7, 11) is 0. The lowest BCUT2D eigenvalue weighted by molar-refractivity contribution is 0.0694. The largest absolute Gasteiger partial charge is 0.508 e. The van der Waals surface area contributed by atoms with Crippen LogP contribution in [0.5, 0.6) is 5.75 Å². The molecule has 92 valence electrons. The number of aryl methyl sites for hydroxylation is 2. The second-order valence-electron chi connectivity index (χ2n) is 3.95. The fraction of sp³-hybridized carbons (Fsp3) is 0.154. The summed E-state index contributed by atoms with van der Waals surface area (Å²) < 4.78 is 0. The van der Waals surface area contributed by atoms with Gasteiger partial charge in [0.05, 0.1) is 11.4 Å². The van der Waals surface area contributed by atoms with Gasteiger partial charge < -0.3 is 10.2 Å². The Bertz CT molecular complexity index is 583. The molecule has 0 fully saturated rings. The molecule has 0 saturated heterocycles. The van der Waals surface area contributed by atoms with Gasteiger partial charge in [0, 0.05) is 5.56 Å². The number of phenols is 1. The Labute approximate surface area is 104 Å². The standard InChI is InChI=1S/C13H12N2O3/c1-7-11(13(17)18)8(2)15-12(14-7)9-3-5-10(16)6-4-9/h3-6,16H,1-2H3,(H,17,18). The third kappa shape index (κ3) is 2.15. The molecule has 5 nitrogen and oxygen atoms in total. The highest BCUT2D eigenvalue weighted by Crippen LogP contribution is 2.21. The second kappa shape index (κ2) is 4.44. The Hall–Kier alpha value is -2.43. The van der Waals surface area contributed by atoms with Crippen molar-refractivity contribution in [2.24, 2.45) is 0 Å². The smallest absolute Gasteiger partial charge is 0.339 e. The summed E-state index contributed by atoms with van der Waals surface area (Å²) in [6, 6.07) is 6.44. The zero-order chi connectivity index (χ0) is 13.3. The van der Waals surface area contributed by atoms with Crippen LogP contribution in [0.4, 0.5) is 0 Å². The third-order valence-electron chi connectivity index (χ3n) is 2.61. The number of aromatic nitrogens is 2. The highest BCUT2D eigenvalue weighted by molar-refractivity contribution is 5.90. The molecule has 1 aromatic heterocycles. The van der Waals surface area contributed by atoms with Crippen molar-refractivity contribution in [1.29, 1.82) is 0 Å². The number of benzene rings is 1. The van der Waals surface area contributed by atoms with E-state index in [0.717, 1.165) is 5.56 Å². The first-order valence-electron chi connectivity index (χ1n) is 5.37. The summed E-state index contributed by atoms with van der Waals surface area (Å²) in [6.45, 7) is 3.28. The molecule has 0 unspecified atom stereocenters. The van der Waals surface area contributed by atoms with Crippen LogP contribution in [0.1, 0.15) is 21.7 Å². The second-order valence-corrected chi connectivity index (χ2v) is 3.95. The number of aromatic carboxylic acids is 1. The minimum atomic E-state index is -1.03. The predicted molar refractivity (Wildman–Crippen MR) is 65.6 cm³/mol. The van der Waals surface area contributed by atoms with Crippen molar-refractivity contribution < 1.29 is 15.0 Å². The summed E-state index contributed by atoms with van der Waals surface area (Å²) >= 11 is 0. The van der Waals surface area contributed by atoms with Crippen molar-refractivity contribution in [1.82, 2.24) is 9.97 Å². The summed E-state index contributed by atoms with van der Waals surface area (Å²) in [5, 5.41) is 18.2. The number of carboxylic acids is 1. The predicted octanol–water partition coefficient (Wildman–Crippen LogP) is 2.16. The Morgan fingerprint density at radius 3 is 2.00 bits per heavy atom. The molecule has 2 aromatic rings. The molecule has 1 heterocycles. The van der Waals surface area contributed by atoms with Crippen molar-refractivity contribution in [3.63, 3.8) is 0 Å². The summed E-state index contributed by atoms with van der Waals surface area (Å²) in [4.78, 5) is 19.4. The van der Waals surface area contributed by atoms with E-state index in [1.54, 1.807) is 26.0 Å². The molecule has 2 N–H and O–H groups in total. The molecule has 0 aliphatic rings. The number of carbonyl (C=O) groups is 1. The zero-order valence-electron chi connectivity index (χ0n) is 10.0. The van der Waals surface area contributed by atoms with E-state index < -0.39 is 5.97 Å². The molecule has 0 aliphatic carbocycles. The van der Waals surface area contributed by atoms with E-state index in [9.17, 15) is 9.90 Å². The van der Waals surface area contributed by atoms with Crippen LogP contribution in [0.2, 0.25) is 0 Å². The van der Waals surface area contributed by atoms with Gasteiger partial charge in [0.25, 0.3) is 0 Å². The molecule has 0 saturated carbocycles. The van der Waals surface area contributed by atoms with Crippen molar-refractivity contribution in [2.45, 2.75) is 13.8 Å². The molecule has 0 radical (unpaired) electrons. The first-order chi connectivity index (χ1) is 8.49. The van der Waals surface area contributed by atoms with Crippen molar-refractivity contribution in [3.05, 3.63) is 41.2 Å². The lowest BCUT2D eigenvalue weighted by atomic mass is 10.1. The minimum absolute atomic E-state index is 0.137. The van der Waals surface area contributed by atoms with Crippen LogP contribution in [0.15, 0.2) is 24.3 Å². The van der Waals surface area contributed by atoms with E-state index in [1.165, 1.54) is 12.1 Å². The molecule has 1 aromatic carbocycles. The quantitative estimate of drug-likeness (QED) is 0.845. The number of nitrogens with zero attached hydrogens (tertiary/aromatic N) is 2. The lowest BCUT2D eigenvalue weighted by Gasteiger charge is -2.07. The Morgan fingerprint density at radius 2 is 1.56 bits per heavy atom. The number of hydrogen-bond donors (Lipinski definition) is 2. The SMILES string of the molecule is Cc1nc(-c2ccc(O)cc2)nc(C)c1C(=O)O. The fourth-order valence-corrected chi connectivity index (χ4v) is 1.77. The highest BCUT2D eigenvalue weighted by Gasteiger charge is 2.15. The maximum absolute atomic E-state index is 11.0. The zero-order valence-corrected chi connectivity index (χ0v) is 10.0. The van der Waals surface area contributed by atoms with E-state index >= 15 is 0 Å². The minimum Gasteiger partial charge on any atom is -0.508 e. The van der Waals surface area contributed by atoms with E-state index in [4.69, 9.17) is 5.11 Å². The van der Waals surface area contributed by atoms with Gasteiger partial charge in [-0.15, -0.1) is 0 Å². The molecule has 18 heavy (non-hydrogen) atoms. The van der Waals surface area contributed by atoms with Gasteiger partial charge in [-0.25, -0.2) is 14.8 Å². The van der Waals surface area contributed by atoms with Crippen LogP contribution in [-0.2, 0) is 0 Å². The van der Waals surface area contributed by atoms with Gasteiger partial charge in [-0.1, -0.05) is 0 Å². The van der Waals surface area contributed by atoms with Crippen LogP contribution < -0.4 is 0 Å². The van der Waals surface area contributed by atoms with Gasteiger partial charge in [0.2, 0.25) is 0 Å². The van der Waals surface area contributed by atoms with Crippen molar-refractivity contribution in [2.75, 3.05) is 0 Å². The van der Waals surface area contributed by atoms with E-state index in [-0.39, 0.29) is 11.3 Å². The van der Waals surface area contributed by atoms with Gasteiger partial charge in [-0.05, 0) is 38.1 Å². The number of carboxylic acid groups (broad SMARTS) is 1. The van der Waals surface area contributed by atoms with Crippen LogP contribution in [-0.4, -0.2) is 26.2 Å². The highest BCUT2D eigenvalue weighted by atomic mass is 16.4. The molecule has 0 atom stereocenters. The van der Waals surface area contributed by atoms with E-state index in [2.05, 4.69) is 9.97 Å². The van der Waals surface area contributed by atoms with Gasteiger partial charge in [-0.2, -0.15) is 0 Å². The molecule has 0 aliphatic heterocycles. The Kier molecular flexibility index (Phi) is 2.97. The maximum Gasteiger partial charge on any atom is 0.339 e. The molecule has 5 heteroatoms. The van der Waals surface area contributed by atoms with Crippen LogP contribution in [0, 0.1) is 13.8 Å². The average molecular weight is 244 g/mol. The number of rotatable bonds is 2. The van der Waals surface area contributed by atoms with Crippen LogP contribution in [0.3, 0.4) is 0 Å². The number of hydrogen-bond acceptors (Lipinski definition) is 4. The molecule has 2 rings (SSSR count). The molecule has 0 bridgehead atoms. The Morgan fingerprint density at radius 1 is 1.06 bits per heavy atom. The van der Waals surface area contributed by atoms with Crippen molar-refractivity contribution >= 4 is 5.97 Å². The fourth-order valence-electron chi connectivity index (χ4n) is 1.77. The van der Waals surface area contributed by atoms with Gasteiger partial charge in [0.1, 0.15) is 11.3 Å². The van der Waals surface area contributed by atoms with Gasteiger partial charge in [0.15, 0.2) is 5.82 Å². The summed E-state index contributed by atoms with van der Waals surface area (Å²) in [5.74, 6) is -0.411. The monoisotopic (exact) mass is 244 g/mol. The average Bonchev–Trinajstić information content (AvgIpc) is 2.28. The van der Waals surface area contributed by atoms with Crippen molar-refractivity contribution in [3.8, 4) is 17.1 Å². The molecular formula is C13H12N2O3. The lowest BCUT2D eigenvalue weighted by Crippen LogP contribution is -2.08. The topological polar surface area (TPSA) is 83.3 Å². The van der Waals surface area contributed by atoms with E-state index in [0.29, 0.717) is 17.2 Å². The Balaban J connectivity index is 2.54. The molecular weight excluding hydrogens is 232 g/mol.